The molecule has 4 rings (SSSR count). The monoisotopic (exact) mass is 443 g/mol. The number of nitriles is 1. The number of anilines is 1. The van der Waals surface area contributed by atoms with Crippen LogP contribution in [0.5, 0.6) is 5.88 Å². The number of fused-ring (bicyclic) bond motifs is 4. The molecule has 1 spiro atoms. The zero-order chi connectivity index (χ0) is 20.2. The van der Waals surface area contributed by atoms with Crippen LogP contribution in [0.1, 0.15) is 22.4 Å². The number of nitrogens with two attached hydrogens (primary N) is 1. The first-order valence-corrected chi connectivity index (χ1v) is 8.99. The molecule has 1 atom stereocenters. The van der Waals surface area contributed by atoms with Crippen LogP contribution in [0.3, 0.4) is 0 Å². The average Bonchev–Trinajstić information content (AvgIpc) is 3.18. The Hall–Kier alpha value is -3.32. The van der Waals surface area contributed by atoms with Gasteiger partial charge in [0.1, 0.15) is 17.1 Å². The van der Waals surface area contributed by atoms with E-state index >= 15 is 0 Å². The lowest BCUT2D eigenvalue weighted by Crippen LogP contribution is -2.43. The molecule has 0 saturated heterocycles. The van der Waals surface area contributed by atoms with Crippen molar-refractivity contribution in [1.29, 1.82) is 5.26 Å². The summed E-state index contributed by atoms with van der Waals surface area (Å²) in [6.45, 7) is 1.87. The van der Waals surface area contributed by atoms with Crippen LogP contribution >= 0.6 is 15.9 Å². The van der Waals surface area contributed by atoms with Gasteiger partial charge in [0.25, 0.3) is 0 Å². The molecule has 0 aliphatic carbocycles. The number of halogens is 1. The first-order chi connectivity index (χ1) is 13.4. The van der Waals surface area contributed by atoms with Crippen LogP contribution in [0, 0.1) is 18.3 Å². The summed E-state index contributed by atoms with van der Waals surface area (Å²) >= 11 is 3.55. The van der Waals surface area contributed by atoms with Gasteiger partial charge in [0, 0.05) is 15.7 Å². The van der Waals surface area contributed by atoms with Crippen molar-refractivity contribution in [3.05, 3.63) is 50.4 Å². The average molecular weight is 444 g/mol. The molecule has 1 amide bonds. The summed E-state index contributed by atoms with van der Waals surface area (Å²) in [5.74, 6) is -1.20. The number of methoxy groups -OCH3 is 1. The SMILES string of the molecule is COC(=O)Cc1[nH]nc2c1[C@]1(C(=O)Nc3ccc(C)c(Br)c31)C(C#N)=C(N)O2. The number of carbonyl (C=O) groups is 2. The van der Waals surface area contributed by atoms with Crippen molar-refractivity contribution in [1.82, 2.24) is 10.2 Å². The number of rotatable bonds is 2. The molecule has 0 fully saturated rings. The van der Waals surface area contributed by atoms with E-state index in [1.54, 1.807) is 6.07 Å². The van der Waals surface area contributed by atoms with E-state index in [-0.39, 0.29) is 29.3 Å². The first kappa shape index (κ1) is 18.1. The number of aryl methyl sites for hydroxylation is 1. The highest BCUT2D eigenvalue weighted by molar-refractivity contribution is 9.10. The molecule has 2 aliphatic heterocycles. The summed E-state index contributed by atoms with van der Waals surface area (Å²) in [4.78, 5) is 25.3. The second-order valence-electron chi connectivity index (χ2n) is 6.41. The molecule has 9 nitrogen and oxygen atoms in total. The lowest BCUT2D eigenvalue weighted by molar-refractivity contribution is -0.139. The number of nitrogens with one attached hydrogen (secondary N) is 2. The molecule has 0 radical (unpaired) electrons. The molecule has 2 aliphatic rings. The number of amides is 1. The van der Waals surface area contributed by atoms with Crippen molar-refractivity contribution in [2.75, 3.05) is 12.4 Å². The molecule has 28 heavy (non-hydrogen) atoms. The van der Waals surface area contributed by atoms with Crippen molar-refractivity contribution >= 4 is 33.5 Å². The van der Waals surface area contributed by atoms with Gasteiger partial charge < -0.3 is 20.5 Å². The third-order valence-electron chi connectivity index (χ3n) is 4.97. The first-order valence-electron chi connectivity index (χ1n) is 8.20. The Bertz CT molecular complexity index is 1130. The second-order valence-corrected chi connectivity index (χ2v) is 7.20. The highest BCUT2D eigenvalue weighted by Crippen LogP contribution is 2.56. The van der Waals surface area contributed by atoms with Crippen molar-refractivity contribution < 1.29 is 19.1 Å². The van der Waals surface area contributed by atoms with Crippen LogP contribution in [0.25, 0.3) is 0 Å². The Morgan fingerprint density at radius 3 is 2.89 bits per heavy atom. The van der Waals surface area contributed by atoms with Gasteiger partial charge in [-0.3, -0.25) is 14.7 Å². The van der Waals surface area contributed by atoms with Crippen molar-refractivity contribution in [3.8, 4) is 11.9 Å². The quantitative estimate of drug-likeness (QED) is 0.596. The molecule has 4 N–H and O–H groups in total. The fourth-order valence-corrected chi connectivity index (χ4v) is 4.37. The number of benzene rings is 1. The van der Waals surface area contributed by atoms with Crippen LogP contribution in [0.2, 0.25) is 0 Å². The molecule has 142 valence electrons. The maximum absolute atomic E-state index is 13.4. The molecular formula is C18H14BrN5O4. The van der Waals surface area contributed by atoms with E-state index in [2.05, 4.69) is 31.4 Å². The lowest BCUT2D eigenvalue weighted by atomic mass is 9.68. The zero-order valence-corrected chi connectivity index (χ0v) is 16.4. The summed E-state index contributed by atoms with van der Waals surface area (Å²) in [6, 6.07) is 5.61. The minimum atomic E-state index is -1.61. The van der Waals surface area contributed by atoms with Crippen LogP contribution < -0.4 is 15.8 Å². The second kappa shape index (κ2) is 6.10. The fraction of sp³-hybridized carbons (Fsp3) is 0.222. The van der Waals surface area contributed by atoms with E-state index in [4.69, 9.17) is 15.2 Å². The van der Waals surface area contributed by atoms with E-state index in [0.717, 1.165) is 5.56 Å². The molecule has 1 aromatic carbocycles. The van der Waals surface area contributed by atoms with Crippen LogP contribution in [-0.2, 0) is 26.2 Å². The van der Waals surface area contributed by atoms with Crippen LogP contribution in [0.15, 0.2) is 28.1 Å². The van der Waals surface area contributed by atoms with Gasteiger partial charge in [-0.1, -0.05) is 22.0 Å². The normalized spacial score (nSPS) is 19.6. The van der Waals surface area contributed by atoms with Gasteiger partial charge in [0.2, 0.25) is 17.7 Å². The van der Waals surface area contributed by atoms with Gasteiger partial charge in [-0.2, -0.15) is 5.26 Å². The van der Waals surface area contributed by atoms with E-state index in [1.165, 1.54) is 7.11 Å². The summed E-state index contributed by atoms with van der Waals surface area (Å²) in [5.41, 5.74) is 6.80. The summed E-state index contributed by atoms with van der Waals surface area (Å²) in [5, 5.41) is 19.5. The number of nitrogens with zero attached hydrogens (tertiary/aromatic N) is 2. The van der Waals surface area contributed by atoms with Gasteiger partial charge in [-0.15, -0.1) is 5.10 Å². The number of esters is 1. The Kier molecular flexibility index (Phi) is 3.94. The standard InChI is InChI=1S/C18H14BrN5O4/c1-7-3-4-9-12(14(7)19)18(17(26)22-9)8(6-20)15(21)28-16-13(18)10(23-24-16)5-11(25)27-2/h3-4H,5,21H2,1-2H3,(H,22,26)(H,23,24)/t18-/m0/s1. The Morgan fingerprint density at radius 1 is 1.46 bits per heavy atom. The third kappa shape index (κ3) is 2.13. The van der Waals surface area contributed by atoms with Crippen molar-refractivity contribution in [2.24, 2.45) is 5.73 Å². The predicted molar refractivity (Wildman–Crippen MR) is 100 cm³/mol. The number of H-pyrrole nitrogens is 1. The fourth-order valence-electron chi connectivity index (χ4n) is 3.73. The van der Waals surface area contributed by atoms with E-state index in [1.807, 2.05) is 19.1 Å². The number of carbonyl (C=O) groups excluding carboxylic acids is 2. The number of hydrogen-bond acceptors (Lipinski definition) is 7. The summed E-state index contributed by atoms with van der Waals surface area (Å²) in [6.07, 6.45) is -0.186. The van der Waals surface area contributed by atoms with Gasteiger partial charge >= 0.3 is 5.97 Å². The minimum Gasteiger partial charge on any atom is -0.469 e. The molecule has 10 heteroatoms. The molecule has 2 aromatic rings. The smallest absolute Gasteiger partial charge is 0.311 e. The zero-order valence-electron chi connectivity index (χ0n) is 14.8. The topological polar surface area (TPSA) is 143 Å². The minimum absolute atomic E-state index is 0.0341. The molecule has 0 saturated carbocycles. The molecule has 3 heterocycles. The van der Waals surface area contributed by atoms with Gasteiger partial charge in [0.05, 0.1) is 24.8 Å². The number of aromatic amines is 1. The summed E-state index contributed by atoms with van der Waals surface area (Å²) in [7, 11) is 1.26. The predicted octanol–water partition coefficient (Wildman–Crippen LogP) is 1.52. The third-order valence-corrected chi connectivity index (χ3v) is 5.99. The van der Waals surface area contributed by atoms with Crippen molar-refractivity contribution in [2.45, 2.75) is 18.8 Å². The van der Waals surface area contributed by atoms with E-state index < -0.39 is 17.3 Å². The maximum atomic E-state index is 13.4. The number of hydrogen-bond donors (Lipinski definition) is 3. The highest BCUT2D eigenvalue weighted by Gasteiger charge is 2.59. The number of ether oxygens (including phenoxy) is 2. The Morgan fingerprint density at radius 2 is 2.21 bits per heavy atom. The Balaban J connectivity index is 2.12. The molecular weight excluding hydrogens is 430 g/mol. The van der Waals surface area contributed by atoms with Crippen LogP contribution in [0.4, 0.5) is 5.69 Å². The number of aromatic nitrogens is 2. The highest BCUT2D eigenvalue weighted by atomic mass is 79.9. The largest absolute Gasteiger partial charge is 0.469 e. The van der Waals surface area contributed by atoms with Crippen molar-refractivity contribution in [3.63, 3.8) is 0 Å². The summed E-state index contributed by atoms with van der Waals surface area (Å²) < 4.78 is 10.9. The van der Waals surface area contributed by atoms with E-state index in [0.29, 0.717) is 21.4 Å². The van der Waals surface area contributed by atoms with Gasteiger partial charge in [-0.25, -0.2) is 0 Å². The maximum Gasteiger partial charge on any atom is 0.311 e. The lowest BCUT2D eigenvalue weighted by Gasteiger charge is -2.32. The molecule has 0 unspecified atom stereocenters. The van der Waals surface area contributed by atoms with Crippen LogP contribution in [-0.4, -0.2) is 29.2 Å². The van der Waals surface area contributed by atoms with E-state index in [9.17, 15) is 14.9 Å². The van der Waals surface area contributed by atoms with Gasteiger partial charge in [0.15, 0.2) is 0 Å². The Labute approximate surface area is 167 Å². The van der Waals surface area contributed by atoms with Gasteiger partial charge in [-0.05, 0) is 18.6 Å². The molecule has 1 aromatic heterocycles. The molecule has 0 bridgehead atoms.